The number of allylic oxidation sites excluding steroid dienone is 1. The Morgan fingerprint density at radius 1 is 1.21 bits per heavy atom. The predicted octanol–water partition coefficient (Wildman–Crippen LogP) is 6.98. The Morgan fingerprint density at radius 3 is 2.61 bits per heavy atom. The molecule has 7 heteroatoms. The van der Waals surface area contributed by atoms with E-state index < -0.39 is 6.08 Å². The lowest BCUT2D eigenvalue weighted by Crippen LogP contribution is -2.20. The lowest BCUT2D eigenvalue weighted by atomic mass is 9.80. The van der Waals surface area contributed by atoms with E-state index in [1.807, 2.05) is 6.92 Å². The molecule has 0 N–H and O–H groups in total. The Labute approximate surface area is 174 Å². The Bertz CT molecular complexity index is 755. The fourth-order valence-corrected chi connectivity index (χ4v) is 4.40. The number of halogens is 4. The van der Waals surface area contributed by atoms with Gasteiger partial charge in [0.1, 0.15) is 15.8 Å². The van der Waals surface area contributed by atoms with Gasteiger partial charge in [-0.3, -0.25) is 4.79 Å². The fourth-order valence-electron chi connectivity index (χ4n) is 3.96. The zero-order valence-corrected chi connectivity index (χ0v) is 17.3. The maximum atomic E-state index is 12.3. The summed E-state index contributed by atoms with van der Waals surface area (Å²) in [5.74, 6) is 0.786. The number of carbonyl (C=O) groups is 1. The first kappa shape index (κ1) is 21.4. The maximum Gasteiger partial charge on any atom is 0.311 e. The van der Waals surface area contributed by atoms with Crippen LogP contribution in [0.5, 0.6) is 11.5 Å². The smallest absolute Gasteiger partial charge is 0.311 e. The minimum atomic E-state index is -1.60. The van der Waals surface area contributed by atoms with E-state index in [-0.39, 0.29) is 40.2 Å². The second-order valence-electron chi connectivity index (χ2n) is 7.71. The molecule has 0 amide bonds. The molecule has 3 nitrogen and oxygen atoms in total. The molecule has 1 aliphatic heterocycles. The molecule has 0 spiro atoms. The largest absolute Gasteiger partial charge is 0.489 e. The van der Waals surface area contributed by atoms with E-state index in [4.69, 9.17) is 32.7 Å². The van der Waals surface area contributed by atoms with Crippen molar-refractivity contribution in [2.45, 2.75) is 64.4 Å². The highest BCUT2D eigenvalue weighted by Crippen LogP contribution is 2.44. The van der Waals surface area contributed by atoms with Crippen LogP contribution in [0.1, 0.15) is 57.4 Å². The topological polar surface area (TPSA) is 35.5 Å². The number of fused-ring (bicyclic) bond motifs is 1. The molecule has 0 saturated heterocycles. The molecule has 1 fully saturated rings. The van der Waals surface area contributed by atoms with Crippen LogP contribution in [0, 0.1) is 11.8 Å². The molecule has 154 valence electrons. The molecule has 1 aliphatic carbocycles. The maximum absolute atomic E-state index is 12.3. The number of hydrogen-bond acceptors (Lipinski definition) is 3. The third kappa shape index (κ3) is 5.38. The van der Waals surface area contributed by atoms with Crippen molar-refractivity contribution in [3.05, 3.63) is 33.8 Å². The Kier molecular flexibility index (Phi) is 7.21. The molecule has 1 atom stereocenters. The standard InChI is InChI=1S/C21H24Cl2F2O3/c1-12-2-8-15-11-16(19(22)20(23)21(15)27-12)28-18(26)9-7-13-3-5-14(6-4-13)10-17(24)25/h10-14H,2-9H2,1H3. The molecule has 2 aliphatic rings. The number of rotatable bonds is 5. The zero-order valence-electron chi connectivity index (χ0n) is 15.8. The molecule has 0 radical (unpaired) electrons. The van der Waals surface area contributed by atoms with Crippen LogP contribution in [0.2, 0.25) is 10.0 Å². The summed E-state index contributed by atoms with van der Waals surface area (Å²) in [4.78, 5) is 12.3. The van der Waals surface area contributed by atoms with E-state index in [2.05, 4.69) is 0 Å². The second kappa shape index (κ2) is 9.45. The van der Waals surface area contributed by atoms with Crippen LogP contribution in [-0.2, 0) is 11.2 Å². The molecule has 1 aromatic rings. The Hall–Kier alpha value is -1.33. The molecular weight excluding hydrogens is 409 g/mol. The van der Waals surface area contributed by atoms with Gasteiger partial charge in [-0.15, -0.1) is 0 Å². The van der Waals surface area contributed by atoms with Crippen molar-refractivity contribution in [3.63, 3.8) is 0 Å². The van der Waals surface area contributed by atoms with Crippen LogP contribution in [0.15, 0.2) is 18.2 Å². The average Bonchev–Trinajstić information content (AvgIpc) is 2.65. The van der Waals surface area contributed by atoms with Gasteiger partial charge in [0, 0.05) is 6.42 Å². The SMILES string of the molecule is CC1CCc2cc(OC(=O)CCC3CCC(C=C(F)F)CC3)c(Cl)c(Cl)c2O1. The summed E-state index contributed by atoms with van der Waals surface area (Å²) in [6.45, 7) is 1.97. The van der Waals surface area contributed by atoms with Gasteiger partial charge in [-0.25, -0.2) is 0 Å². The number of esters is 1. The van der Waals surface area contributed by atoms with Crippen molar-refractivity contribution in [2.75, 3.05) is 0 Å². The highest BCUT2D eigenvalue weighted by Gasteiger charge is 2.25. The van der Waals surface area contributed by atoms with Crippen LogP contribution < -0.4 is 9.47 Å². The summed E-state index contributed by atoms with van der Waals surface area (Å²) in [5.41, 5.74) is 0.891. The summed E-state index contributed by atoms with van der Waals surface area (Å²) in [7, 11) is 0. The van der Waals surface area contributed by atoms with E-state index >= 15 is 0 Å². The molecule has 28 heavy (non-hydrogen) atoms. The van der Waals surface area contributed by atoms with Gasteiger partial charge in [0.05, 0.1) is 6.10 Å². The summed E-state index contributed by atoms with van der Waals surface area (Å²) in [5, 5.41) is 0.461. The van der Waals surface area contributed by atoms with E-state index in [1.165, 1.54) is 0 Å². The lowest BCUT2D eigenvalue weighted by molar-refractivity contribution is -0.134. The van der Waals surface area contributed by atoms with Crippen molar-refractivity contribution in [1.29, 1.82) is 0 Å². The van der Waals surface area contributed by atoms with Gasteiger partial charge >= 0.3 is 5.97 Å². The van der Waals surface area contributed by atoms with Crippen molar-refractivity contribution in [2.24, 2.45) is 11.8 Å². The van der Waals surface area contributed by atoms with Gasteiger partial charge < -0.3 is 9.47 Å². The molecule has 1 heterocycles. The monoisotopic (exact) mass is 432 g/mol. The van der Waals surface area contributed by atoms with Crippen LogP contribution in [0.4, 0.5) is 8.78 Å². The number of hydrogen-bond donors (Lipinski definition) is 0. The van der Waals surface area contributed by atoms with Gasteiger partial charge in [-0.1, -0.05) is 23.2 Å². The highest BCUT2D eigenvalue weighted by molar-refractivity contribution is 6.44. The Morgan fingerprint density at radius 2 is 1.93 bits per heavy atom. The highest BCUT2D eigenvalue weighted by atomic mass is 35.5. The van der Waals surface area contributed by atoms with E-state index in [0.29, 0.717) is 18.1 Å². The summed E-state index contributed by atoms with van der Waals surface area (Å²) in [6.07, 6.45) is 5.29. The molecule has 0 bridgehead atoms. The first-order valence-corrected chi connectivity index (χ1v) is 10.5. The van der Waals surface area contributed by atoms with Crippen LogP contribution in [-0.4, -0.2) is 12.1 Å². The van der Waals surface area contributed by atoms with Crippen molar-refractivity contribution in [3.8, 4) is 11.5 Å². The second-order valence-corrected chi connectivity index (χ2v) is 8.46. The van der Waals surface area contributed by atoms with Gasteiger partial charge in [0.25, 0.3) is 6.08 Å². The Balaban J connectivity index is 1.53. The quantitative estimate of drug-likeness (QED) is 0.371. The molecule has 1 saturated carbocycles. The van der Waals surface area contributed by atoms with Gasteiger partial charge in [0.2, 0.25) is 0 Å². The molecule has 1 unspecified atom stereocenters. The van der Waals surface area contributed by atoms with E-state index in [0.717, 1.165) is 50.2 Å². The van der Waals surface area contributed by atoms with Crippen LogP contribution >= 0.6 is 23.2 Å². The van der Waals surface area contributed by atoms with E-state index in [1.54, 1.807) is 6.07 Å². The van der Waals surface area contributed by atoms with Gasteiger partial charge in [-0.2, -0.15) is 8.78 Å². The third-order valence-corrected chi connectivity index (χ3v) is 6.41. The average molecular weight is 433 g/mol. The lowest BCUT2D eigenvalue weighted by Gasteiger charge is -2.26. The summed E-state index contributed by atoms with van der Waals surface area (Å²) in [6, 6.07) is 1.73. The third-order valence-electron chi connectivity index (χ3n) is 5.58. The first-order chi connectivity index (χ1) is 13.3. The van der Waals surface area contributed by atoms with Gasteiger partial charge in [-0.05, 0) is 81.4 Å². The fraction of sp³-hybridized carbons (Fsp3) is 0.571. The molecular formula is C21H24Cl2F2O3. The van der Waals surface area contributed by atoms with Gasteiger partial charge in [0.15, 0.2) is 5.75 Å². The minimum absolute atomic E-state index is 0.0467. The molecule has 1 aromatic carbocycles. The normalized spacial score (nSPS) is 24.1. The predicted molar refractivity (Wildman–Crippen MR) is 105 cm³/mol. The molecule has 3 rings (SSSR count). The zero-order chi connectivity index (χ0) is 20.3. The summed E-state index contributed by atoms with van der Waals surface area (Å²) < 4.78 is 35.9. The van der Waals surface area contributed by atoms with Crippen LogP contribution in [0.25, 0.3) is 0 Å². The number of aryl methyl sites for hydroxylation is 1. The van der Waals surface area contributed by atoms with Crippen molar-refractivity contribution in [1.82, 2.24) is 0 Å². The molecule has 0 aromatic heterocycles. The van der Waals surface area contributed by atoms with Crippen LogP contribution in [0.3, 0.4) is 0 Å². The van der Waals surface area contributed by atoms with Crippen molar-refractivity contribution < 1.29 is 23.0 Å². The van der Waals surface area contributed by atoms with E-state index in [9.17, 15) is 13.6 Å². The number of carbonyl (C=O) groups excluding carboxylic acids is 1. The number of benzene rings is 1. The first-order valence-electron chi connectivity index (χ1n) is 9.74. The van der Waals surface area contributed by atoms with Crippen molar-refractivity contribution >= 4 is 29.2 Å². The number of ether oxygens (including phenoxy) is 2. The minimum Gasteiger partial charge on any atom is -0.489 e. The summed E-state index contributed by atoms with van der Waals surface area (Å²) >= 11 is 12.6.